The van der Waals surface area contributed by atoms with Crippen LogP contribution >= 0.6 is 34.2 Å². The largest absolute Gasteiger partial charge is 0.337 e. The van der Waals surface area contributed by atoms with Gasteiger partial charge in [0.25, 0.3) is 5.91 Å². The molecule has 1 N–H and O–H groups in total. The summed E-state index contributed by atoms with van der Waals surface area (Å²) in [5, 5.41) is 4.15. The predicted octanol–water partition coefficient (Wildman–Crippen LogP) is 3.55. The first-order valence-corrected chi connectivity index (χ1v) is 9.07. The van der Waals surface area contributed by atoms with Crippen LogP contribution in [0.3, 0.4) is 0 Å². The number of carbonyl (C=O) groups excluding carboxylic acids is 1. The zero-order valence-electron chi connectivity index (χ0n) is 11.9. The lowest BCUT2D eigenvalue weighted by atomic mass is 10.1. The van der Waals surface area contributed by atoms with Crippen molar-refractivity contribution in [1.82, 2.24) is 10.2 Å². The summed E-state index contributed by atoms with van der Waals surface area (Å²) in [6.45, 7) is 2.78. The van der Waals surface area contributed by atoms with Crippen molar-refractivity contribution in [2.45, 2.75) is 31.7 Å². The number of benzene rings is 1. The molecule has 2 aliphatic rings. The van der Waals surface area contributed by atoms with Crippen molar-refractivity contribution in [2.75, 3.05) is 19.6 Å². The minimum atomic E-state index is 0.119. The van der Waals surface area contributed by atoms with Crippen LogP contribution in [0.25, 0.3) is 0 Å². The summed E-state index contributed by atoms with van der Waals surface area (Å²) >= 11 is 8.35. The maximum absolute atomic E-state index is 12.8. The quantitative estimate of drug-likeness (QED) is 0.742. The van der Waals surface area contributed by atoms with E-state index in [-0.39, 0.29) is 5.91 Å². The van der Waals surface area contributed by atoms with Gasteiger partial charge in [-0.05, 0) is 78.9 Å². The summed E-state index contributed by atoms with van der Waals surface area (Å²) in [7, 11) is 0. The van der Waals surface area contributed by atoms with E-state index in [1.807, 2.05) is 17.0 Å². The zero-order valence-corrected chi connectivity index (χ0v) is 14.9. The van der Waals surface area contributed by atoms with Gasteiger partial charge >= 0.3 is 0 Å². The monoisotopic (exact) mass is 418 g/mol. The molecule has 1 saturated heterocycles. The summed E-state index contributed by atoms with van der Waals surface area (Å²) in [4.78, 5) is 14.8. The Morgan fingerprint density at radius 1 is 1.33 bits per heavy atom. The van der Waals surface area contributed by atoms with Crippen LogP contribution in [-0.2, 0) is 0 Å². The van der Waals surface area contributed by atoms with E-state index in [0.29, 0.717) is 22.5 Å². The molecular weight excluding hydrogens is 399 g/mol. The van der Waals surface area contributed by atoms with E-state index < -0.39 is 0 Å². The van der Waals surface area contributed by atoms with Gasteiger partial charge in [-0.3, -0.25) is 4.79 Å². The molecule has 1 aliphatic carbocycles. The number of hydrogen-bond acceptors (Lipinski definition) is 2. The number of carbonyl (C=O) groups is 1. The molecular formula is C16H20ClIN2O. The number of halogens is 2. The van der Waals surface area contributed by atoms with Gasteiger partial charge in [-0.1, -0.05) is 11.6 Å². The van der Waals surface area contributed by atoms with E-state index >= 15 is 0 Å². The molecule has 3 rings (SSSR count). The lowest BCUT2D eigenvalue weighted by Crippen LogP contribution is -2.42. The van der Waals surface area contributed by atoms with Crippen LogP contribution < -0.4 is 5.32 Å². The molecule has 1 aromatic carbocycles. The van der Waals surface area contributed by atoms with Crippen molar-refractivity contribution < 1.29 is 4.79 Å². The highest BCUT2D eigenvalue weighted by Gasteiger charge is 2.29. The average molecular weight is 419 g/mol. The minimum absolute atomic E-state index is 0.119. The van der Waals surface area contributed by atoms with E-state index in [2.05, 4.69) is 27.9 Å². The van der Waals surface area contributed by atoms with Crippen LogP contribution in [0.5, 0.6) is 0 Å². The second-order valence-electron chi connectivity index (χ2n) is 6.08. The Bertz CT molecular complexity index is 527. The first-order valence-electron chi connectivity index (χ1n) is 7.61. The Hall–Kier alpha value is -0.330. The third-order valence-corrected chi connectivity index (χ3v) is 5.80. The van der Waals surface area contributed by atoms with Crippen molar-refractivity contribution in [3.05, 3.63) is 32.4 Å². The van der Waals surface area contributed by atoms with Gasteiger partial charge in [0.15, 0.2) is 0 Å². The van der Waals surface area contributed by atoms with Crippen molar-refractivity contribution in [3.63, 3.8) is 0 Å². The molecule has 1 aromatic rings. The predicted molar refractivity (Wildman–Crippen MR) is 93.8 cm³/mol. The van der Waals surface area contributed by atoms with E-state index in [9.17, 15) is 4.79 Å². The fourth-order valence-electron chi connectivity index (χ4n) is 2.84. The highest BCUT2D eigenvalue weighted by Crippen LogP contribution is 2.31. The third-order valence-electron chi connectivity index (χ3n) is 4.23. The second-order valence-corrected chi connectivity index (χ2v) is 7.65. The third kappa shape index (κ3) is 4.11. The van der Waals surface area contributed by atoms with Gasteiger partial charge in [0, 0.05) is 28.3 Å². The minimum Gasteiger partial charge on any atom is -0.337 e. The van der Waals surface area contributed by atoms with E-state index in [1.54, 1.807) is 6.07 Å². The Morgan fingerprint density at radius 2 is 2.14 bits per heavy atom. The summed E-state index contributed by atoms with van der Waals surface area (Å²) in [5.41, 5.74) is 0.707. The smallest absolute Gasteiger partial charge is 0.253 e. The Kier molecular flexibility index (Phi) is 5.07. The average Bonchev–Trinajstić information content (AvgIpc) is 3.14. The van der Waals surface area contributed by atoms with Gasteiger partial charge in [0.2, 0.25) is 0 Å². The van der Waals surface area contributed by atoms with Crippen LogP contribution in [0.1, 0.15) is 36.0 Å². The molecule has 114 valence electrons. The number of nitrogens with one attached hydrogen (secondary N) is 1. The van der Waals surface area contributed by atoms with Gasteiger partial charge in [-0.25, -0.2) is 0 Å². The molecule has 0 bridgehead atoms. The van der Waals surface area contributed by atoms with E-state index in [1.165, 1.54) is 25.7 Å². The zero-order chi connectivity index (χ0) is 14.8. The van der Waals surface area contributed by atoms with Crippen LogP contribution in [0.2, 0.25) is 5.02 Å². The molecule has 21 heavy (non-hydrogen) atoms. The maximum atomic E-state index is 12.8. The number of nitrogens with zero attached hydrogens (tertiary/aromatic N) is 1. The molecule has 1 atom stereocenters. The van der Waals surface area contributed by atoms with Crippen molar-refractivity contribution >= 4 is 40.1 Å². The fourth-order valence-corrected chi connectivity index (χ4v) is 3.36. The fraction of sp³-hybridized carbons (Fsp3) is 0.562. The van der Waals surface area contributed by atoms with Gasteiger partial charge in [-0.15, -0.1) is 0 Å². The molecule has 0 radical (unpaired) electrons. The molecule has 3 nitrogen and oxygen atoms in total. The van der Waals surface area contributed by atoms with Gasteiger partial charge in [0.1, 0.15) is 0 Å². The highest BCUT2D eigenvalue weighted by atomic mass is 127. The molecule has 1 unspecified atom stereocenters. The van der Waals surface area contributed by atoms with Crippen LogP contribution in [0.4, 0.5) is 0 Å². The van der Waals surface area contributed by atoms with E-state index in [0.717, 1.165) is 23.2 Å². The SMILES string of the molecule is O=C(c1ccc(I)c(Cl)c1)N(CC1CC1)CC1CCCN1. The van der Waals surface area contributed by atoms with Gasteiger partial charge in [0.05, 0.1) is 5.02 Å². The highest BCUT2D eigenvalue weighted by molar-refractivity contribution is 14.1. The summed E-state index contributed by atoms with van der Waals surface area (Å²) in [6, 6.07) is 6.05. The molecule has 5 heteroatoms. The topological polar surface area (TPSA) is 32.3 Å². The molecule has 1 amide bonds. The molecule has 2 fully saturated rings. The number of rotatable bonds is 5. The normalized spacial score (nSPS) is 21.5. The molecule has 0 spiro atoms. The lowest BCUT2D eigenvalue weighted by Gasteiger charge is -2.26. The van der Waals surface area contributed by atoms with Crippen molar-refractivity contribution in [1.29, 1.82) is 0 Å². The summed E-state index contributed by atoms with van der Waals surface area (Å²) in [5.74, 6) is 0.823. The molecule has 1 heterocycles. The standard InChI is InChI=1S/C16H20ClIN2O/c17-14-8-12(5-6-15(14)18)16(21)20(9-11-3-4-11)10-13-2-1-7-19-13/h5-6,8,11,13,19H,1-4,7,9-10H2. The molecule has 0 aromatic heterocycles. The summed E-state index contributed by atoms with van der Waals surface area (Å²) < 4.78 is 0.983. The van der Waals surface area contributed by atoms with E-state index in [4.69, 9.17) is 11.6 Å². The number of amides is 1. The first-order chi connectivity index (χ1) is 10.1. The van der Waals surface area contributed by atoms with Crippen LogP contribution in [-0.4, -0.2) is 36.5 Å². The van der Waals surface area contributed by atoms with Gasteiger partial charge in [-0.2, -0.15) is 0 Å². The van der Waals surface area contributed by atoms with Crippen molar-refractivity contribution in [3.8, 4) is 0 Å². The van der Waals surface area contributed by atoms with Crippen molar-refractivity contribution in [2.24, 2.45) is 5.92 Å². The van der Waals surface area contributed by atoms with Gasteiger partial charge < -0.3 is 10.2 Å². The lowest BCUT2D eigenvalue weighted by molar-refractivity contribution is 0.0733. The maximum Gasteiger partial charge on any atom is 0.253 e. The summed E-state index contributed by atoms with van der Waals surface area (Å²) in [6.07, 6.45) is 4.90. The second kappa shape index (κ2) is 6.84. The molecule has 1 saturated carbocycles. The van der Waals surface area contributed by atoms with Crippen LogP contribution in [0, 0.1) is 9.49 Å². The Labute approximate surface area is 144 Å². The Morgan fingerprint density at radius 3 is 2.76 bits per heavy atom. The number of hydrogen-bond donors (Lipinski definition) is 1. The van der Waals surface area contributed by atoms with Crippen LogP contribution in [0.15, 0.2) is 18.2 Å². The molecule has 1 aliphatic heterocycles. The first kappa shape index (κ1) is 15.6. The Balaban J connectivity index is 1.73.